The second kappa shape index (κ2) is 37.9. The molecule has 2 fully saturated rings. The maximum Gasteiger partial charge on any atom is 0.312 e. The summed E-state index contributed by atoms with van der Waals surface area (Å²) in [6, 6.07) is 0. The minimum atomic E-state index is -1.57. The SMILES string of the molecule is CCC(C)(CC(C)(CC(C)(CC(C)(C)C(=O)NCCNC(=O)CCSSCCC(=O)NCCOC1OC(CO)C(O)C(O)C1O)C(=O)NCCNC(=O)CCSSCCC(=O)N1CCSC1=S)C(=O)OCC[N+](C)(C)C)C(=O)NCC(C)O. The molecule has 2 saturated heterocycles. The van der Waals surface area contributed by atoms with Crippen LogP contribution in [-0.2, 0) is 52.6 Å². The van der Waals surface area contributed by atoms with Crippen LogP contribution < -0.4 is 31.9 Å². The Bertz CT molecular complexity index is 2120. The summed E-state index contributed by atoms with van der Waals surface area (Å²) in [6.07, 6.45) is -6.90. The van der Waals surface area contributed by atoms with Crippen molar-refractivity contribution < 1.29 is 82.6 Å². The third kappa shape index (κ3) is 28.3. The number of carbonyl (C=O) groups excluding carboxylic acids is 8. The fraction of sp³-hybridized carbons (Fsp3) is 0.830. The first-order valence-corrected chi connectivity index (χ1v) is 34.4. The lowest BCUT2D eigenvalue weighted by Gasteiger charge is -2.43. The predicted molar refractivity (Wildman–Crippen MR) is 331 cm³/mol. The lowest BCUT2D eigenvalue weighted by Crippen LogP contribution is -2.59. The number of carbonyl (C=O) groups is 8. The standard InChI is InChI=1S/C53H94N8O16S6/c1-11-51(5,46(72)59-30-35(2)63)33-53(7,48(74)76-24-22-61(8,9)10)34-52(6,47(73)58-19-17-55-38(65)13-26-82-83-28-15-40(67)60-21-29-79-49(60)78)32-50(3,4)45(71)57-18-16-54-37(64)12-25-80-81-27-14-39(66)56-20-23-75-44-43(70)42(69)41(68)36(31-62)77-44/h35-36,41-44,62-63,68-70H,11-34H2,1-10H3,(H5-,54,55,56,57,58,59,64,65,66,71,72,73)/p+1. The predicted octanol–water partition coefficient (Wildman–Crippen LogP) is 0.939. The summed E-state index contributed by atoms with van der Waals surface area (Å²) in [4.78, 5) is 109. The van der Waals surface area contributed by atoms with Gasteiger partial charge in [0.15, 0.2) is 6.29 Å². The first kappa shape index (κ1) is 76.4. The van der Waals surface area contributed by atoms with Crippen LogP contribution >= 0.6 is 67.2 Å². The van der Waals surface area contributed by atoms with Gasteiger partial charge in [-0.3, -0.25) is 43.3 Å². The van der Waals surface area contributed by atoms with Gasteiger partial charge in [0.1, 0.15) is 41.9 Å². The average molecular weight is 1290 g/mol. The molecular formula is C53H95N8O16S6+. The van der Waals surface area contributed by atoms with E-state index in [1.165, 1.54) is 54.9 Å². The van der Waals surface area contributed by atoms with Crippen LogP contribution in [0.3, 0.4) is 0 Å². The number of esters is 1. The van der Waals surface area contributed by atoms with Gasteiger partial charge < -0.3 is 76.1 Å². The number of thioether (sulfide) groups is 1. The Morgan fingerprint density at radius 1 is 0.687 bits per heavy atom. The molecule has 0 aliphatic carbocycles. The Morgan fingerprint density at radius 3 is 1.67 bits per heavy atom. The van der Waals surface area contributed by atoms with Crippen LogP contribution in [0.15, 0.2) is 0 Å². The topological polar surface area (TPSA) is 341 Å². The van der Waals surface area contributed by atoms with Crippen molar-refractivity contribution in [3.05, 3.63) is 0 Å². The molecule has 9 atom stereocenters. The molecule has 2 aliphatic rings. The summed E-state index contributed by atoms with van der Waals surface area (Å²) in [5, 5.41) is 66.1. The summed E-state index contributed by atoms with van der Waals surface area (Å²) in [6.45, 7) is 12.7. The average Bonchev–Trinajstić information content (AvgIpc) is 3.97. The molecule has 0 bridgehead atoms. The molecule has 0 radical (unpaired) electrons. The van der Waals surface area contributed by atoms with E-state index in [9.17, 15) is 63.9 Å². The van der Waals surface area contributed by atoms with Crippen molar-refractivity contribution in [2.75, 3.05) is 122 Å². The zero-order valence-electron chi connectivity index (χ0n) is 50.0. The molecule has 2 heterocycles. The number of thiocarbonyl (C=S) groups is 1. The quantitative estimate of drug-likeness (QED) is 0.0133. The second-order valence-corrected chi connectivity index (χ2v) is 30.4. The maximum absolute atomic E-state index is 14.7. The zero-order chi connectivity index (χ0) is 62.6. The van der Waals surface area contributed by atoms with Crippen molar-refractivity contribution >= 4 is 119 Å². The molecule has 0 saturated carbocycles. The molecule has 30 heteroatoms. The molecule has 83 heavy (non-hydrogen) atoms. The fourth-order valence-electron chi connectivity index (χ4n) is 9.18. The highest BCUT2D eigenvalue weighted by molar-refractivity contribution is 8.77. The molecule has 2 rings (SSSR count). The number of nitrogens with one attached hydrogen (secondary N) is 6. The molecule has 24 nitrogen and oxygen atoms in total. The minimum Gasteiger partial charge on any atom is -0.459 e. The van der Waals surface area contributed by atoms with Crippen LogP contribution in [0.5, 0.6) is 0 Å². The summed E-state index contributed by atoms with van der Waals surface area (Å²) >= 11 is 6.73. The van der Waals surface area contributed by atoms with Crippen molar-refractivity contribution in [1.29, 1.82) is 0 Å². The van der Waals surface area contributed by atoms with Crippen molar-refractivity contribution in [2.45, 2.75) is 137 Å². The molecule has 11 N–H and O–H groups in total. The lowest BCUT2D eigenvalue weighted by atomic mass is 9.61. The van der Waals surface area contributed by atoms with Gasteiger partial charge in [-0.2, -0.15) is 0 Å². The number of rotatable bonds is 41. The highest BCUT2D eigenvalue weighted by Gasteiger charge is 2.52. The van der Waals surface area contributed by atoms with Crippen LogP contribution in [0.2, 0.25) is 0 Å². The highest BCUT2D eigenvalue weighted by atomic mass is 33.1. The summed E-state index contributed by atoms with van der Waals surface area (Å²) in [5.41, 5.74) is -5.32. The van der Waals surface area contributed by atoms with E-state index < -0.39 is 82.9 Å². The smallest absolute Gasteiger partial charge is 0.312 e. The number of hydrogen-bond donors (Lipinski definition) is 11. The Morgan fingerprint density at radius 2 is 1.18 bits per heavy atom. The van der Waals surface area contributed by atoms with Crippen molar-refractivity contribution in [1.82, 2.24) is 36.8 Å². The van der Waals surface area contributed by atoms with Crippen LogP contribution in [0.1, 0.15) is 99.8 Å². The van der Waals surface area contributed by atoms with Gasteiger partial charge in [-0.25, -0.2) is 0 Å². The molecule has 0 aromatic carbocycles. The van der Waals surface area contributed by atoms with Gasteiger partial charge >= 0.3 is 5.97 Å². The third-order valence-electron chi connectivity index (χ3n) is 13.8. The van der Waals surface area contributed by atoms with Crippen LogP contribution in [0.4, 0.5) is 0 Å². The van der Waals surface area contributed by atoms with Crippen LogP contribution in [0, 0.1) is 21.7 Å². The van der Waals surface area contributed by atoms with Crippen LogP contribution in [-0.4, -0.2) is 245 Å². The number of hydrogen-bond acceptors (Lipinski definition) is 22. The number of likely N-dealkylation sites (N-methyl/N-ethyl adjacent to an activating group) is 1. The van der Waals surface area contributed by atoms with Crippen molar-refractivity contribution in [3.8, 4) is 0 Å². The fourth-order valence-corrected chi connectivity index (χ4v) is 14.4. The van der Waals surface area contributed by atoms with Gasteiger partial charge in [-0.05, 0) is 39.5 Å². The van der Waals surface area contributed by atoms with E-state index in [2.05, 4.69) is 31.9 Å². The number of aliphatic hydroxyl groups excluding tert-OH is 5. The van der Waals surface area contributed by atoms with Crippen molar-refractivity contribution in [3.63, 3.8) is 0 Å². The molecule has 2 aliphatic heterocycles. The van der Waals surface area contributed by atoms with Gasteiger partial charge in [0.05, 0.1) is 45.9 Å². The van der Waals surface area contributed by atoms with Crippen LogP contribution in [0.25, 0.3) is 0 Å². The summed E-state index contributed by atoms with van der Waals surface area (Å²) in [7, 11) is 11.7. The van der Waals surface area contributed by atoms with E-state index in [1.54, 1.807) is 46.4 Å². The normalized spacial score (nSPS) is 20.9. The molecule has 9 unspecified atom stereocenters. The first-order chi connectivity index (χ1) is 38.8. The van der Waals surface area contributed by atoms with E-state index in [-0.39, 0.29) is 121 Å². The van der Waals surface area contributed by atoms with Gasteiger partial charge in [0.25, 0.3) is 0 Å². The first-order valence-electron chi connectivity index (χ1n) is 28.0. The molecule has 0 aromatic rings. The molecule has 7 amide bonds. The zero-order valence-corrected chi connectivity index (χ0v) is 54.9. The molecular weight excluding hydrogens is 1200 g/mol. The summed E-state index contributed by atoms with van der Waals surface area (Å²) < 4.78 is 17.7. The van der Waals surface area contributed by atoms with Crippen molar-refractivity contribution in [2.24, 2.45) is 21.7 Å². The number of amides is 7. The number of quaternary nitrogens is 1. The van der Waals surface area contributed by atoms with Gasteiger partial charge in [-0.15, -0.1) is 0 Å². The van der Waals surface area contributed by atoms with E-state index in [0.29, 0.717) is 57.7 Å². The lowest BCUT2D eigenvalue weighted by molar-refractivity contribution is -0.870. The third-order valence-corrected chi connectivity index (χ3v) is 20.1. The Balaban J connectivity index is 2.04. The Labute approximate surface area is 515 Å². The number of nitrogens with zero attached hydrogens (tertiary/aromatic N) is 2. The Hall–Kier alpha value is -2.72. The molecule has 0 spiro atoms. The van der Waals surface area contributed by atoms with Gasteiger partial charge in [0.2, 0.25) is 41.4 Å². The number of ether oxygens (including phenoxy) is 3. The van der Waals surface area contributed by atoms with E-state index in [1.807, 2.05) is 28.1 Å². The molecule has 0 aromatic heterocycles. The maximum atomic E-state index is 14.7. The minimum absolute atomic E-state index is 0.00541. The highest BCUT2D eigenvalue weighted by Crippen LogP contribution is 2.49. The van der Waals surface area contributed by atoms with E-state index in [4.69, 9.17) is 26.4 Å². The monoisotopic (exact) mass is 1290 g/mol. The largest absolute Gasteiger partial charge is 0.459 e. The van der Waals surface area contributed by atoms with E-state index in [0.717, 1.165) is 5.75 Å². The van der Waals surface area contributed by atoms with Gasteiger partial charge in [0, 0.05) is 117 Å². The second-order valence-electron chi connectivity index (χ2n) is 23.2. The van der Waals surface area contributed by atoms with Gasteiger partial charge in [-0.1, -0.05) is 102 Å². The summed E-state index contributed by atoms with van der Waals surface area (Å²) in [5.74, 6) is 0.125. The van der Waals surface area contributed by atoms with E-state index >= 15 is 0 Å². The number of aliphatic hydroxyl groups is 5. The molecule has 478 valence electrons. The Kier molecular flexibility index (Phi) is 34.8.